The van der Waals surface area contributed by atoms with E-state index in [1.54, 1.807) is 30.3 Å². The molecule has 0 aliphatic heterocycles. The van der Waals surface area contributed by atoms with Crippen LogP contribution < -0.4 is 20.1 Å². The molecule has 3 aromatic rings. The number of ether oxygens (including phenoxy) is 1. The van der Waals surface area contributed by atoms with Crippen LogP contribution in [0.2, 0.25) is 0 Å². The van der Waals surface area contributed by atoms with Gasteiger partial charge in [-0.1, -0.05) is 0 Å². The minimum atomic E-state index is -4.85. The summed E-state index contributed by atoms with van der Waals surface area (Å²) in [6.07, 6.45) is -4.85. The predicted molar refractivity (Wildman–Crippen MR) is 115 cm³/mol. The van der Waals surface area contributed by atoms with Crippen LogP contribution in [0.15, 0.2) is 59.5 Å². The third-order valence-corrected chi connectivity index (χ3v) is 5.36. The Labute approximate surface area is 182 Å². The lowest BCUT2D eigenvalue weighted by Crippen LogP contribution is -2.17. The van der Waals surface area contributed by atoms with E-state index in [9.17, 15) is 21.6 Å². The molecule has 1 aromatic heterocycles. The van der Waals surface area contributed by atoms with Crippen LogP contribution in [0.1, 0.15) is 12.6 Å². The quantitative estimate of drug-likeness (QED) is 0.443. The highest BCUT2D eigenvalue weighted by atomic mass is 32.2. The molecule has 0 saturated heterocycles. The molecule has 2 aromatic carbocycles. The lowest BCUT2D eigenvalue weighted by molar-refractivity contribution is -0.274. The van der Waals surface area contributed by atoms with Gasteiger partial charge in [0.05, 0.1) is 4.90 Å². The predicted octanol–water partition coefficient (Wildman–Crippen LogP) is 4.66. The van der Waals surface area contributed by atoms with Crippen LogP contribution in [0.3, 0.4) is 0 Å². The third-order valence-electron chi connectivity index (χ3n) is 3.97. The van der Waals surface area contributed by atoms with Gasteiger partial charge >= 0.3 is 6.36 Å². The Hall–Kier alpha value is -3.54. The van der Waals surface area contributed by atoms with Crippen LogP contribution in [0.5, 0.6) is 5.75 Å². The molecule has 1 heterocycles. The van der Waals surface area contributed by atoms with E-state index in [1.807, 2.05) is 13.8 Å². The molecular weight excluding hydrogens is 447 g/mol. The fourth-order valence-electron chi connectivity index (χ4n) is 2.67. The van der Waals surface area contributed by atoms with Crippen LogP contribution in [-0.2, 0) is 10.0 Å². The van der Waals surface area contributed by atoms with Gasteiger partial charge < -0.3 is 15.4 Å². The van der Waals surface area contributed by atoms with Crippen LogP contribution in [0.25, 0.3) is 0 Å². The van der Waals surface area contributed by atoms with E-state index < -0.39 is 22.1 Å². The Bertz CT molecular complexity index is 1170. The van der Waals surface area contributed by atoms with E-state index in [1.165, 1.54) is 0 Å². The largest absolute Gasteiger partial charge is 0.573 e. The zero-order valence-electron chi connectivity index (χ0n) is 17.1. The summed E-state index contributed by atoms with van der Waals surface area (Å²) in [5.41, 5.74) is 1.72. The van der Waals surface area contributed by atoms with Crippen molar-refractivity contribution in [2.75, 3.05) is 21.9 Å². The first-order chi connectivity index (χ1) is 15.0. The minimum absolute atomic E-state index is 0.207. The summed E-state index contributed by atoms with van der Waals surface area (Å²) in [5.74, 6) is 0.554. The van der Waals surface area contributed by atoms with Crippen molar-refractivity contribution < 1.29 is 26.3 Å². The molecule has 0 radical (unpaired) electrons. The maximum Gasteiger partial charge on any atom is 0.573 e. The molecule has 8 nitrogen and oxygen atoms in total. The second kappa shape index (κ2) is 9.30. The number of aryl methyl sites for hydroxylation is 1. The number of halogens is 3. The number of hydrogen-bond donors (Lipinski definition) is 3. The molecule has 170 valence electrons. The van der Waals surface area contributed by atoms with Crippen molar-refractivity contribution in [1.82, 2.24) is 9.97 Å². The summed E-state index contributed by atoms with van der Waals surface area (Å²) in [7, 11) is -4.00. The van der Waals surface area contributed by atoms with Gasteiger partial charge in [-0.05, 0) is 62.4 Å². The highest BCUT2D eigenvalue weighted by Gasteiger charge is 2.31. The second-order valence-corrected chi connectivity index (χ2v) is 8.26. The number of nitrogens with one attached hydrogen (secondary N) is 3. The number of benzene rings is 2. The summed E-state index contributed by atoms with van der Waals surface area (Å²) in [6.45, 7) is 4.45. The summed E-state index contributed by atoms with van der Waals surface area (Å²) in [5, 5.41) is 6.15. The first-order valence-electron chi connectivity index (χ1n) is 9.39. The number of rotatable bonds is 8. The van der Waals surface area contributed by atoms with Gasteiger partial charge in [0.1, 0.15) is 11.6 Å². The fraction of sp³-hybridized carbons (Fsp3) is 0.200. The standard InChI is InChI=1S/C20H20F3N5O3S/c1-3-24-19-25-13(2)12-18(27-19)26-14-4-6-15(7-5-14)28-32(29,30)17-10-8-16(9-11-17)31-20(21,22)23/h4-12,28H,3H2,1-2H3,(H2,24,25,26,27). The molecule has 0 aliphatic carbocycles. The monoisotopic (exact) mass is 467 g/mol. The van der Waals surface area contributed by atoms with Gasteiger partial charge in [0.15, 0.2) is 0 Å². The number of alkyl halides is 3. The van der Waals surface area contributed by atoms with Gasteiger partial charge in [0.25, 0.3) is 10.0 Å². The zero-order valence-corrected chi connectivity index (χ0v) is 17.9. The molecule has 0 unspecified atom stereocenters. The van der Waals surface area contributed by atoms with Crippen LogP contribution in [0, 0.1) is 6.92 Å². The number of aromatic nitrogens is 2. The average molecular weight is 467 g/mol. The smallest absolute Gasteiger partial charge is 0.406 e. The van der Waals surface area contributed by atoms with Crippen molar-refractivity contribution in [3.63, 3.8) is 0 Å². The van der Waals surface area contributed by atoms with Gasteiger partial charge in [-0.15, -0.1) is 13.2 Å². The third kappa shape index (κ3) is 6.48. The van der Waals surface area contributed by atoms with E-state index in [0.717, 1.165) is 30.0 Å². The van der Waals surface area contributed by atoms with Crippen molar-refractivity contribution in [2.24, 2.45) is 0 Å². The normalized spacial score (nSPS) is 11.7. The van der Waals surface area contributed by atoms with Gasteiger partial charge in [0.2, 0.25) is 5.95 Å². The molecule has 0 spiro atoms. The Kier molecular flexibility index (Phi) is 6.72. The van der Waals surface area contributed by atoms with Crippen molar-refractivity contribution in [3.05, 3.63) is 60.3 Å². The molecule has 3 N–H and O–H groups in total. The van der Waals surface area contributed by atoms with Crippen LogP contribution in [-0.4, -0.2) is 31.3 Å². The summed E-state index contributed by atoms with van der Waals surface area (Å²) in [6, 6.07) is 12.1. The van der Waals surface area contributed by atoms with Gasteiger partial charge in [-0.2, -0.15) is 4.98 Å². The molecule has 12 heteroatoms. The second-order valence-electron chi connectivity index (χ2n) is 6.58. The molecule has 0 saturated carbocycles. The molecular formula is C20H20F3N5O3S. The maximum absolute atomic E-state index is 12.5. The van der Waals surface area contributed by atoms with Gasteiger partial charge in [0, 0.05) is 29.7 Å². The molecule has 0 bridgehead atoms. The molecule has 3 rings (SSSR count). The van der Waals surface area contributed by atoms with Crippen molar-refractivity contribution in [1.29, 1.82) is 0 Å². The Morgan fingerprint density at radius 3 is 2.19 bits per heavy atom. The molecule has 0 aliphatic rings. The summed E-state index contributed by atoms with van der Waals surface area (Å²) < 4.78 is 67.8. The number of hydrogen-bond acceptors (Lipinski definition) is 7. The highest BCUT2D eigenvalue weighted by molar-refractivity contribution is 7.92. The topological polar surface area (TPSA) is 105 Å². The Morgan fingerprint density at radius 2 is 1.59 bits per heavy atom. The first kappa shape index (κ1) is 23.1. The van der Waals surface area contributed by atoms with E-state index in [2.05, 4.69) is 30.1 Å². The lowest BCUT2D eigenvalue weighted by atomic mass is 10.3. The number of sulfonamides is 1. The van der Waals surface area contributed by atoms with E-state index in [-0.39, 0.29) is 10.6 Å². The lowest BCUT2D eigenvalue weighted by Gasteiger charge is -2.12. The van der Waals surface area contributed by atoms with E-state index >= 15 is 0 Å². The van der Waals surface area contributed by atoms with Gasteiger partial charge in [-0.25, -0.2) is 13.4 Å². The summed E-state index contributed by atoms with van der Waals surface area (Å²) in [4.78, 5) is 8.41. The molecule has 0 fully saturated rings. The fourth-order valence-corrected chi connectivity index (χ4v) is 3.73. The SMILES string of the molecule is CCNc1nc(C)cc(Nc2ccc(NS(=O)(=O)c3ccc(OC(F)(F)F)cc3)cc2)n1. The van der Waals surface area contributed by atoms with Crippen LogP contribution >= 0.6 is 0 Å². The molecule has 32 heavy (non-hydrogen) atoms. The van der Waals surface area contributed by atoms with Crippen molar-refractivity contribution >= 4 is 33.2 Å². The highest BCUT2D eigenvalue weighted by Crippen LogP contribution is 2.25. The van der Waals surface area contributed by atoms with Crippen LogP contribution in [0.4, 0.5) is 36.3 Å². The van der Waals surface area contributed by atoms with Crippen molar-refractivity contribution in [3.8, 4) is 5.75 Å². The summed E-state index contributed by atoms with van der Waals surface area (Å²) >= 11 is 0. The number of nitrogens with zero attached hydrogens (tertiary/aromatic N) is 2. The minimum Gasteiger partial charge on any atom is -0.406 e. The van der Waals surface area contributed by atoms with Gasteiger partial charge in [-0.3, -0.25) is 4.72 Å². The maximum atomic E-state index is 12.5. The average Bonchev–Trinajstić information content (AvgIpc) is 2.68. The van der Waals surface area contributed by atoms with E-state index in [0.29, 0.717) is 24.0 Å². The molecule has 0 atom stereocenters. The molecule has 0 amide bonds. The first-order valence-corrected chi connectivity index (χ1v) is 10.9. The zero-order chi connectivity index (χ0) is 23.4. The van der Waals surface area contributed by atoms with Crippen molar-refractivity contribution in [2.45, 2.75) is 25.1 Å². The number of anilines is 4. The van der Waals surface area contributed by atoms with E-state index in [4.69, 9.17) is 0 Å². The Balaban J connectivity index is 1.68. The Morgan fingerprint density at radius 1 is 0.969 bits per heavy atom.